The molecular formula is C41H43N7O9. The number of aromatic nitrogens is 4. The van der Waals surface area contributed by atoms with Gasteiger partial charge in [-0.1, -0.05) is 61.5 Å². The zero-order valence-corrected chi connectivity index (χ0v) is 31.9. The average Bonchev–Trinajstić information content (AvgIpc) is 3.72. The van der Waals surface area contributed by atoms with Gasteiger partial charge in [0.2, 0.25) is 0 Å². The highest BCUT2D eigenvalue weighted by Crippen LogP contribution is 2.31. The highest BCUT2D eigenvalue weighted by molar-refractivity contribution is 6.02. The lowest BCUT2D eigenvalue weighted by atomic mass is 9.98. The highest BCUT2D eigenvalue weighted by Gasteiger charge is 2.19. The number of hydrogen-bond donors (Lipinski definition) is 1. The number of nitrogens with one attached hydrogen (secondary N) is 1. The van der Waals surface area contributed by atoms with Crippen LogP contribution in [0.5, 0.6) is 0 Å². The van der Waals surface area contributed by atoms with Gasteiger partial charge in [0.05, 0.1) is 28.7 Å². The van der Waals surface area contributed by atoms with E-state index in [-0.39, 0.29) is 19.6 Å². The van der Waals surface area contributed by atoms with Crippen LogP contribution in [-0.4, -0.2) is 67.0 Å². The van der Waals surface area contributed by atoms with E-state index in [0.29, 0.717) is 30.5 Å². The molecule has 57 heavy (non-hydrogen) atoms. The maximum atomic E-state index is 13.3. The zero-order chi connectivity index (χ0) is 40.5. The van der Waals surface area contributed by atoms with Gasteiger partial charge in [-0.25, -0.2) is 9.97 Å². The summed E-state index contributed by atoms with van der Waals surface area (Å²) in [7, 11) is 2.04. The summed E-state index contributed by atoms with van der Waals surface area (Å²) in [5.74, 6) is 0.798. The Kier molecular flexibility index (Phi) is 12.7. The van der Waals surface area contributed by atoms with Gasteiger partial charge in [-0.05, 0) is 85.2 Å². The van der Waals surface area contributed by atoms with Gasteiger partial charge in [0, 0.05) is 31.1 Å². The third kappa shape index (κ3) is 9.70. The number of unbranched alkanes of at least 4 members (excludes halogenated alkanes) is 1. The summed E-state index contributed by atoms with van der Waals surface area (Å²) in [5.41, 5.74) is 9.13. The Bertz CT molecular complexity index is 2410. The number of carbonyl (C=O) groups is 2. The maximum Gasteiger partial charge on any atom is 0.325 e. The third-order valence-corrected chi connectivity index (χ3v) is 9.60. The first-order valence-electron chi connectivity index (χ1n) is 18.6. The van der Waals surface area contributed by atoms with Crippen LogP contribution < -0.4 is 5.32 Å². The second-order valence-electron chi connectivity index (χ2n) is 13.6. The van der Waals surface area contributed by atoms with Crippen LogP contribution in [0.1, 0.15) is 59.9 Å². The molecule has 4 aromatic carbocycles. The summed E-state index contributed by atoms with van der Waals surface area (Å²) in [4.78, 5) is 65.2. The van der Waals surface area contributed by atoms with E-state index >= 15 is 0 Å². The second kappa shape index (κ2) is 18.2. The molecule has 0 saturated heterocycles. The molecule has 1 amide bonds. The minimum atomic E-state index is -1.13. The number of para-hydroxylation sites is 2. The fraction of sp³-hybridized carbons (Fsp3) is 0.317. The predicted octanol–water partition coefficient (Wildman–Crippen LogP) is 6.79. The molecule has 1 atom stereocenters. The number of carbonyl (C=O) groups excluding carboxylic acids is 2. The molecule has 0 bridgehead atoms. The van der Waals surface area contributed by atoms with Crippen molar-refractivity contribution >= 4 is 33.9 Å². The first-order chi connectivity index (χ1) is 27.5. The number of hydrogen-bond acceptors (Lipinski definition) is 11. The molecular weight excluding hydrogens is 734 g/mol. The molecule has 0 aliphatic carbocycles. The fourth-order valence-corrected chi connectivity index (χ4v) is 6.86. The van der Waals surface area contributed by atoms with Crippen molar-refractivity contribution in [2.75, 3.05) is 19.8 Å². The van der Waals surface area contributed by atoms with Crippen LogP contribution in [0.3, 0.4) is 0 Å². The normalized spacial score (nSPS) is 11.7. The number of aryl methyl sites for hydroxylation is 3. The number of imidazole rings is 2. The number of amides is 1. The minimum Gasteiger partial charge on any atom is -0.464 e. The lowest BCUT2D eigenvalue weighted by Crippen LogP contribution is -2.31. The van der Waals surface area contributed by atoms with Gasteiger partial charge in [0.15, 0.2) is 0 Å². The van der Waals surface area contributed by atoms with Gasteiger partial charge in [0.1, 0.15) is 30.9 Å². The molecule has 0 spiro atoms. The van der Waals surface area contributed by atoms with E-state index in [2.05, 4.69) is 56.2 Å². The van der Waals surface area contributed by atoms with Gasteiger partial charge < -0.3 is 28.9 Å². The van der Waals surface area contributed by atoms with E-state index in [0.717, 1.165) is 68.8 Å². The maximum absolute atomic E-state index is 13.3. The lowest BCUT2D eigenvalue weighted by molar-refractivity contribution is -0.790. The van der Waals surface area contributed by atoms with E-state index in [1.165, 1.54) is 0 Å². The Morgan fingerprint density at radius 2 is 1.65 bits per heavy atom. The van der Waals surface area contributed by atoms with Crippen molar-refractivity contribution in [3.05, 3.63) is 128 Å². The van der Waals surface area contributed by atoms with E-state index in [1.54, 1.807) is 12.1 Å². The molecule has 296 valence electrons. The van der Waals surface area contributed by atoms with Crippen LogP contribution >= 0.6 is 0 Å². The van der Waals surface area contributed by atoms with Crippen molar-refractivity contribution in [3.8, 4) is 22.5 Å². The highest BCUT2D eigenvalue weighted by atomic mass is 17.0. The molecule has 16 heteroatoms. The van der Waals surface area contributed by atoms with Gasteiger partial charge in [-0.2, -0.15) is 0 Å². The Morgan fingerprint density at radius 1 is 0.895 bits per heavy atom. The van der Waals surface area contributed by atoms with Crippen LogP contribution in [0.25, 0.3) is 44.6 Å². The number of fused-ring (bicyclic) bond motifs is 2. The average molecular weight is 778 g/mol. The minimum absolute atomic E-state index is 0.0179. The second-order valence-corrected chi connectivity index (χ2v) is 13.6. The largest absolute Gasteiger partial charge is 0.464 e. The van der Waals surface area contributed by atoms with E-state index in [1.807, 2.05) is 61.6 Å². The Labute approximate surface area is 327 Å². The number of rotatable bonds is 19. The smallest absolute Gasteiger partial charge is 0.325 e. The molecule has 1 unspecified atom stereocenters. The summed E-state index contributed by atoms with van der Waals surface area (Å²) in [6, 6.07) is 27.6. The molecule has 0 saturated carbocycles. The van der Waals surface area contributed by atoms with Crippen LogP contribution in [0.15, 0.2) is 84.9 Å². The molecule has 1 N–H and O–H groups in total. The first-order valence-corrected chi connectivity index (χ1v) is 18.6. The SMILES string of the molecule is CCCc1nc2c(C)cc(-c3nc4ccccc4n3C)cc2n1Cc1ccc(-c2ccccc2C(=O)NCC(=O)OCCCCC(CO[N+](=O)[O-])O[N+](=O)[O-])cc1. The standard InChI is InChI=1S/C41H43N7O9/c1-4-11-37-44-39-27(2)22-30(40-43-34-15-7-8-16-35(34)45(40)3)23-36(39)46(37)25-28-17-19-29(20-18-28)32-13-5-6-14-33(32)41(50)42-24-38(49)55-21-10-9-12-31(57-48(53)54)26-56-47(51)52/h5-8,13-20,22-23,31H,4,9-12,21,24-26H2,1-3H3,(H,42,50). The number of ether oxygens (including phenoxy) is 1. The molecule has 6 aromatic rings. The zero-order valence-electron chi connectivity index (χ0n) is 31.9. The monoisotopic (exact) mass is 777 g/mol. The van der Waals surface area contributed by atoms with Crippen molar-refractivity contribution in [1.29, 1.82) is 0 Å². The Hall–Kier alpha value is -6.84. The van der Waals surface area contributed by atoms with Crippen LogP contribution in [0, 0.1) is 27.2 Å². The first kappa shape index (κ1) is 39.8. The Balaban J connectivity index is 1.10. The summed E-state index contributed by atoms with van der Waals surface area (Å²) in [6.07, 6.45) is 1.35. The van der Waals surface area contributed by atoms with Crippen molar-refractivity contribution in [2.45, 2.75) is 58.6 Å². The van der Waals surface area contributed by atoms with Gasteiger partial charge >= 0.3 is 5.97 Å². The molecule has 2 heterocycles. The van der Waals surface area contributed by atoms with Crippen molar-refractivity contribution in [1.82, 2.24) is 24.4 Å². The van der Waals surface area contributed by atoms with Gasteiger partial charge in [-0.3, -0.25) is 9.59 Å². The molecule has 6 rings (SSSR count). The molecule has 0 radical (unpaired) electrons. The molecule has 0 aliphatic rings. The van der Waals surface area contributed by atoms with E-state index < -0.39 is 34.8 Å². The topological polar surface area (TPSA) is 196 Å². The van der Waals surface area contributed by atoms with E-state index in [9.17, 15) is 29.8 Å². The van der Waals surface area contributed by atoms with Gasteiger partial charge in [-0.15, -0.1) is 20.2 Å². The summed E-state index contributed by atoms with van der Waals surface area (Å²) >= 11 is 0. The van der Waals surface area contributed by atoms with Crippen molar-refractivity contribution in [3.63, 3.8) is 0 Å². The summed E-state index contributed by atoms with van der Waals surface area (Å²) in [6.45, 7) is 3.86. The van der Waals surface area contributed by atoms with Crippen LogP contribution in [-0.2, 0) is 39.2 Å². The number of benzene rings is 4. The predicted molar refractivity (Wildman–Crippen MR) is 211 cm³/mol. The molecule has 0 fully saturated rings. The lowest BCUT2D eigenvalue weighted by Gasteiger charge is -2.13. The Morgan fingerprint density at radius 3 is 2.39 bits per heavy atom. The van der Waals surface area contributed by atoms with Crippen LogP contribution in [0.2, 0.25) is 0 Å². The molecule has 16 nitrogen and oxygen atoms in total. The molecule has 0 aliphatic heterocycles. The van der Waals surface area contributed by atoms with Gasteiger partial charge in [0.25, 0.3) is 16.1 Å². The number of esters is 1. The van der Waals surface area contributed by atoms with E-state index in [4.69, 9.17) is 14.7 Å². The molecule has 2 aromatic heterocycles. The summed E-state index contributed by atoms with van der Waals surface area (Å²) in [5, 5.41) is 21.5. The quantitative estimate of drug-likeness (QED) is 0.0393. The van der Waals surface area contributed by atoms with Crippen molar-refractivity contribution < 1.29 is 34.2 Å². The van der Waals surface area contributed by atoms with Crippen LogP contribution in [0.4, 0.5) is 0 Å². The summed E-state index contributed by atoms with van der Waals surface area (Å²) < 4.78 is 9.59. The third-order valence-electron chi connectivity index (χ3n) is 9.60. The van der Waals surface area contributed by atoms with Crippen molar-refractivity contribution in [2.24, 2.45) is 7.05 Å². The number of nitrogens with zero attached hydrogens (tertiary/aromatic N) is 6. The fourth-order valence-electron chi connectivity index (χ4n) is 6.86.